The molecule has 2 aromatic rings. The van der Waals surface area contributed by atoms with Gasteiger partial charge in [-0.15, -0.1) is 0 Å². The number of hydrogen-bond acceptors (Lipinski definition) is 2. The lowest BCUT2D eigenvalue weighted by atomic mass is 10.0. The molecule has 19 heavy (non-hydrogen) atoms. The van der Waals surface area contributed by atoms with Crippen LogP contribution in [0.15, 0.2) is 33.9 Å². The van der Waals surface area contributed by atoms with Gasteiger partial charge in [-0.3, -0.25) is 9.36 Å². The molecule has 0 aliphatic rings. The molecule has 0 N–H and O–H groups in total. The summed E-state index contributed by atoms with van der Waals surface area (Å²) in [5.41, 5.74) is 1.77. The molecule has 5 heteroatoms. The van der Waals surface area contributed by atoms with Gasteiger partial charge in [0.25, 0.3) is 5.56 Å². The van der Waals surface area contributed by atoms with Crippen LogP contribution >= 0.6 is 11.6 Å². The van der Waals surface area contributed by atoms with Gasteiger partial charge >= 0.3 is 5.69 Å². The van der Waals surface area contributed by atoms with Gasteiger partial charge in [0.1, 0.15) is 0 Å². The van der Waals surface area contributed by atoms with Crippen LogP contribution in [0.1, 0.15) is 16.8 Å². The molecule has 2 rings (SSSR count). The van der Waals surface area contributed by atoms with Crippen molar-refractivity contribution in [1.82, 2.24) is 9.13 Å². The van der Waals surface area contributed by atoms with Crippen LogP contribution in [0.4, 0.5) is 0 Å². The number of nitrogens with zero attached hydrogens (tertiary/aromatic N) is 2. The predicted molar refractivity (Wildman–Crippen MR) is 75.9 cm³/mol. The molecule has 0 aliphatic heterocycles. The topological polar surface area (TPSA) is 44.0 Å². The maximum atomic E-state index is 12.2. The van der Waals surface area contributed by atoms with Crippen LogP contribution in [-0.4, -0.2) is 9.13 Å². The van der Waals surface area contributed by atoms with Gasteiger partial charge in [0.2, 0.25) is 0 Å². The minimum absolute atomic E-state index is 0.240. The third kappa shape index (κ3) is 2.49. The summed E-state index contributed by atoms with van der Waals surface area (Å²) in [6, 6.07) is 7.34. The van der Waals surface area contributed by atoms with E-state index in [-0.39, 0.29) is 11.2 Å². The van der Waals surface area contributed by atoms with Gasteiger partial charge in [-0.1, -0.05) is 23.7 Å². The molecule has 0 saturated carbocycles. The van der Waals surface area contributed by atoms with E-state index in [4.69, 9.17) is 11.6 Å². The van der Waals surface area contributed by atoms with Crippen molar-refractivity contribution >= 4 is 11.6 Å². The summed E-state index contributed by atoms with van der Waals surface area (Å²) in [7, 11) is 3.16. The number of hydrogen-bond donors (Lipinski definition) is 0. The first-order valence-electron chi connectivity index (χ1n) is 5.91. The first kappa shape index (κ1) is 13.6. The third-order valence-corrected chi connectivity index (χ3v) is 3.62. The highest BCUT2D eigenvalue weighted by atomic mass is 35.5. The fraction of sp³-hybridized carbons (Fsp3) is 0.286. The Morgan fingerprint density at radius 1 is 1.05 bits per heavy atom. The molecule has 1 aromatic heterocycles. The number of aromatic nitrogens is 2. The molecular formula is C14H15ClN2O2. The lowest BCUT2D eigenvalue weighted by Gasteiger charge is -2.12. The molecule has 1 heterocycles. The molecule has 0 radical (unpaired) electrons. The van der Waals surface area contributed by atoms with Crippen molar-refractivity contribution in [2.45, 2.75) is 13.3 Å². The zero-order valence-electron chi connectivity index (χ0n) is 11.1. The predicted octanol–water partition coefficient (Wildman–Crippen LogP) is 1.64. The van der Waals surface area contributed by atoms with E-state index in [9.17, 15) is 9.59 Å². The molecule has 0 atom stereocenters. The third-order valence-electron chi connectivity index (χ3n) is 3.37. The Bertz CT molecular complexity index is 727. The van der Waals surface area contributed by atoms with Crippen molar-refractivity contribution < 1.29 is 0 Å². The van der Waals surface area contributed by atoms with E-state index in [2.05, 4.69) is 0 Å². The molecule has 4 nitrogen and oxygen atoms in total. The fourth-order valence-electron chi connectivity index (χ4n) is 2.02. The molecule has 0 bridgehead atoms. The molecule has 100 valence electrons. The van der Waals surface area contributed by atoms with Crippen molar-refractivity contribution in [1.29, 1.82) is 0 Å². The van der Waals surface area contributed by atoms with E-state index in [1.165, 1.54) is 11.6 Å². The maximum absolute atomic E-state index is 12.2. The number of halogens is 1. The van der Waals surface area contributed by atoms with E-state index in [1.54, 1.807) is 26.1 Å². The van der Waals surface area contributed by atoms with Crippen LogP contribution in [0, 0.1) is 6.92 Å². The summed E-state index contributed by atoms with van der Waals surface area (Å²) in [5.74, 6) is 0. The first-order valence-corrected chi connectivity index (χ1v) is 6.29. The Kier molecular flexibility index (Phi) is 3.62. The Morgan fingerprint density at radius 2 is 1.63 bits per heavy atom. The van der Waals surface area contributed by atoms with E-state index in [0.717, 1.165) is 10.1 Å². The van der Waals surface area contributed by atoms with Crippen molar-refractivity contribution in [2.24, 2.45) is 14.1 Å². The normalized spacial score (nSPS) is 10.7. The average Bonchev–Trinajstić information content (AvgIpc) is 2.41. The van der Waals surface area contributed by atoms with Gasteiger partial charge in [0, 0.05) is 36.8 Å². The Balaban J connectivity index is 2.55. The Labute approximate surface area is 115 Å². The average molecular weight is 279 g/mol. The second-order valence-corrected chi connectivity index (χ2v) is 5.01. The fourth-order valence-corrected chi connectivity index (χ4v) is 2.15. The highest BCUT2D eigenvalue weighted by molar-refractivity contribution is 6.30. The van der Waals surface area contributed by atoms with E-state index >= 15 is 0 Å². The van der Waals surface area contributed by atoms with Crippen LogP contribution in [0.25, 0.3) is 0 Å². The van der Waals surface area contributed by atoms with Gasteiger partial charge < -0.3 is 4.57 Å². The smallest absolute Gasteiger partial charge is 0.301 e. The van der Waals surface area contributed by atoms with Crippen molar-refractivity contribution in [2.75, 3.05) is 0 Å². The highest BCUT2D eigenvalue weighted by Crippen LogP contribution is 2.13. The van der Waals surface area contributed by atoms with Crippen molar-refractivity contribution in [3.63, 3.8) is 0 Å². The van der Waals surface area contributed by atoms with Gasteiger partial charge in [0.15, 0.2) is 0 Å². The standard InChI is InChI=1S/C14H15ClN2O2/c1-9-12(8-10-4-6-11(15)7-5-10)13(18)17(3)14(19)16(9)2/h4-7H,8H2,1-3H3. The maximum Gasteiger partial charge on any atom is 0.330 e. The SMILES string of the molecule is Cc1c(Cc2ccc(Cl)cc2)c(=O)n(C)c(=O)n1C. The van der Waals surface area contributed by atoms with E-state index in [1.807, 2.05) is 12.1 Å². The molecular weight excluding hydrogens is 264 g/mol. The summed E-state index contributed by atoms with van der Waals surface area (Å²) in [6.45, 7) is 1.79. The molecule has 0 saturated heterocycles. The lowest BCUT2D eigenvalue weighted by Crippen LogP contribution is -2.40. The lowest BCUT2D eigenvalue weighted by molar-refractivity contribution is 0.652. The summed E-state index contributed by atoms with van der Waals surface area (Å²) < 4.78 is 2.63. The van der Waals surface area contributed by atoms with Gasteiger partial charge in [0.05, 0.1) is 0 Å². The first-order chi connectivity index (χ1) is 8.91. The minimum atomic E-state index is -0.303. The van der Waals surface area contributed by atoms with Crippen molar-refractivity contribution in [3.05, 3.63) is 66.9 Å². The van der Waals surface area contributed by atoms with Crippen LogP contribution < -0.4 is 11.2 Å². The zero-order chi connectivity index (χ0) is 14.2. The Morgan fingerprint density at radius 3 is 2.21 bits per heavy atom. The second kappa shape index (κ2) is 5.05. The summed E-state index contributed by atoms with van der Waals surface area (Å²) >= 11 is 5.84. The summed E-state index contributed by atoms with van der Waals surface area (Å²) in [4.78, 5) is 23.9. The highest BCUT2D eigenvalue weighted by Gasteiger charge is 2.12. The molecule has 0 aliphatic carbocycles. The summed E-state index contributed by atoms with van der Waals surface area (Å²) in [6.07, 6.45) is 0.490. The zero-order valence-corrected chi connectivity index (χ0v) is 11.9. The Hall–Kier alpha value is -1.81. The molecule has 0 spiro atoms. The van der Waals surface area contributed by atoms with Gasteiger partial charge in [-0.25, -0.2) is 4.79 Å². The molecule has 1 aromatic carbocycles. The van der Waals surface area contributed by atoms with E-state index < -0.39 is 0 Å². The molecule has 0 fully saturated rings. The van der Waals surface area contributed by atoms with Gasteiger partial charge in [-0.2, -0.15) is 0 Å². The van der Waals surface area contributed by atoms with Crippen molar-refractivity contribution in [3.8, 4) is 0 Å². The molecule has 0 unspecified atom stereocenters. The van der Waals surface area contributed by atoms with E-state index in [0.29, 0.717) is 22.7 Å². The second-order valence-electron chi connectivity index (χ2n) is 4.57. The van der Waals surface area contributed by atoms with Crippen LogP contribution in [-0.2, 0) is 20.5 Å². The number of benzene rings is 1. The monoisotopic (exact) mass is 278 g/mol. The van der Waals surface area contributed by atoms with Crippen LogP contribution in [0.2, 0.25) is 5.02 Å². The molecule has 0 amide bonds. The van der Waals surface area contributed by atoms with Gasteiger partial charge in [-0.05, 0) is 24.6 Å². The van der Waals surface area contributed by atoms with Crippen LogP contribution in [0.5, 0.6) is 0 Å². The number of rotatable bonds is 2. The largest absolute Gasteiger partial charge is 0.330 e. The quantitative estimate of drug-likeness (QED) is 0.838. The minimum Gasteiger partial charge on any atom is -0.301 e. The summed E-state index contributed by atoms with van der Waals surface area (Å²) in [5, 5.41) is 0.661. The van der Waals surface area contributed by atoms with Crippen LogP contribution in [0.3, 0.4) is 0 Å².